The van der Waals surface area contributed by atoms with E-state index in [4.69, 9.17) is 10.5 Å². The van der Waals surface area contributed by atoms with E-state index in [-0.39, 0.29) is 12.1 Å². The minimum absolute atomic E-state index is 0.236. The highest BCUT2D eigenvalue weighted by Crippen LogP contribution is 2.17. The highest BCUT2D eigenvalue weighted by Gasteiger charge is 2.22. The van der Waals surface area contributed by atoms with Crippen molar-refractivity contribution in [2.45, 2.75) is 19.4 Å². The van der Waals surface area contributed by atoms with Crippen LogP contribution in [0.15, 0.2) is 0 Å². The zero-order chi connectivity index (χ0) is 13.1. The first-order chi connectivity index (χ1) is 8.60. The fourth-order valence-corrected chi connectivity index (χ4v) is 1.86. The van der Waals surface area contributed by atoms with Crippen molar-refractivity contribution in [1.29, 1.82) is 0 Å². The van der Waals surface area contributed by atoms with Crippen LogP contribution in [0.3, 0.4) is 0 Å². The fourth-order valence-electron chi connectivity index (χ4n) is 1.86. The molecular weight excluding hydrogens is 232 g/mol. The monoisotopic (exact) mass is 252 g/mol. The van der Waals surface area contributed by atoms with E-state index in [2.05, 4.69) is 26.8 Å². The van der Waals surface area contributed by atoms with Crippen LogP contribution in [0.4, 0.5) is 17.8 Å². The second-order valence-electron chi connectivity index (χ2n) is 4.54. The molecule has 7 nitrogen and oxygen atoms in total. The van der Waals surface area contributed by atoms with Crippen molar-refractivity contribution < 1.29 is 4.74 Å². The minimum atomic E-state index is 0.236. The quantitative estimate of drug-likeness (QED) is 0.819. The molecule has 100 valence electrons. The van der Waals surface area contributed by atoms with Gasteiger partial charge in [0.2, 0.25) is 17.8 Å². The Morgan fingerprint density at radius 1 is 1.39 bits per heavy atom. The molecule has 1 aliphatic rings. The average molecular weight is 252 g/mol. The molecule has 1 aliphatic heterocycles. The molecule has 1 atom stereocenters. The number of nitrogens with two attached hydrogens (primary N) is 1. The molecule has 0 radical (unpaired) electrons. The molecule has 1 unspecified atom stereocenters. The van der Waals surface area contributed by atoms with E-state index in [0.717, 1.165) is 19.5 Å². The third-order valence-electron chi connectivity index (χ3n) is 2.91. The van der Waals surface area contributed by atoms with Crippen molar-refractivity contribution in [2.24, 2.45) is 0 Å². The molecule has 18 heavy (non-hydrogen) atoms. The maximum atomic E-state index is 5.72. The first-order valence-electron chi connectivity index (χ1n) is 6.15. The van der Waals surface area contributed by atoms with Crippen LogP contribution >= 0.6 is 0 Å². The SMILES string of the molecule is CCC1CN(c2nc(N)nc(N(C)C)n2)CCO1. The summed E-state index contributed by atoms with van der Waals surface area (Å²) in [6, 6.07) is 0. The molecule has 0 amide bonds. The van der Waals surface area contributed by atoms with Gasteiger partial charge in [0, 0.05) is 27.2 Å². The third kappa shape index (κ3) is 2.79. The molecule has 1 saturated heterocycles. The fraction of sp³-hybridized carbons (Fsp3) is 0.727. The minimum Gasteiger partial charge on any atom is -0.375 e. The number of hydrogen-bond donors (Lipinski definition) is 1. The Kier molecular flexibility index (Phi) is 3.81. The van der Waals surface area contributed by atoms with Crippen LogP contribution in [0.1, 0.15) is 13.3 Å². The van der Waals surface area contributed by atoms with Gasteiger partial charge in [0.1, 0.15) is 0 Å². The van der Waals surface area contributed by atoms with Crippen LogP contribution in [0, 0.1) is 0 Å². The van der Waals surface area contributed by atoms with Gasteiger partial charge in [-0.1, -0.05) is 6.92 Å². The Labute approximate surface area is 107 Å². The zero-order valence-electron chi connectivity index (χ0n) is 11.1. The van der Waals surface area contributed by atoms with E-state index < -0.39 is 0 Å². The van der Waals surface area contributed by atoms with Crippen molar-refractivity contribution in [2.75, 3.05) is 49.3 Å². The predicted molar refractivity (Wildman–Crippen MR) is 70.8 cm³/mol. The van der Waals surface area contributed by atoms with Gasteiger partial charge in [-0.25, -0.2) is 0 Å². The Hall–Kier alpha value is -1.63. The summed E-state index contributed by atoms with van der Waals surface area (Å²) in [5.74, 6) is 1.47. The smallest absolute Gasteiger partial charge is 0.232 e. The van der Waals surface area contributed by atoms with E-state index >= 15 is 0 Å². The third-order valence-corrected chi connectivity index (χ3v) is 2.91. The standard InChI is InChI=1S/C11H20N6O/c1-4-8-7-17(5-6-18-8)11-14-9(12)13-10(15-11)16(2)3/h8H,4-7H2,1-3H3,(H2,12,13,14,15). The molecule has 0 saturated carbocycles. The van der Waals surface area contributed by atoms with Gasteiger partial charge in [0.25, 0.3) is 0 Å². The number of rotatable bonds is 3. The zero-order valence-corrected chi connectivity index (χ0v) is 11.1. The van der Waals surface area contributed by atoms with E-state index in [0.29, 0.717) is 18.5 Å². The lowest BCUT2D eigenvalue weighted by Gasteiger charge is -2.32. The van der Waals surface area contributed by atoms with E-state index in [9.17, 15) is 0 Å². The van der Waals surface area contributed by atoms with Gasteiger partial charge in [-0.05, 0) is 6.42 Å². The van der Waals surface area contributed by atoms with Crippen molar-refractivity contribution in [3.8, 4) is 0 Å². The number of nitrogens with zero attached hydrogens (tertiary/aromatic N) is 5. The maximum absolute atomic E-state index is 5.72. The highest BCUT2D eigenvalue weighted by atomic mass is 16.5. The molecule has 1 aromatic heterocycles. The van der Waals surface area contributed by atoms with Crippen LogP contribution in [0.25, 0.3) is 0 Å². The van der Waals surface area contributed by atoms with Gasteiger partial charge < -0.3 is 20.3 Å². The Morgan fingerprint density at radius 2 is 2.17 bits per heavy atom. The van der Waals surface area contributed by atoms with Crippen LogP contribution in [-0.2, 0) is 4.74 Å². The van der Waals surface area contributed by atoms with Crippen LogP contribution in [-0.4, -0.2) is 54.8 Å². The van der Waals surface area contributed by atoms with Gasteiger partial charge in [-0.3, -0.25) is 0 Å². The van der Waals surface area contributed by atoms with Crippen LogP contribution in [0.5, 0.6) is 0 Å². The second-order valence-corrected chi connectivity index (χ2v) is 4.54. The second kappa shape index (κ2) is 5.34. The largest absolute Gasteiger partial charge is 0.375 e. The Bertz CT molecular complexity index is 411. The topological polar surface area (TPSA) is 80.4 Å². The van der Waals surface area contributed by atoms with Gasteiger partial charge in [-0.2, -0.15) is 15.0 Å². The molecule has 7 heteroatoms. The molecule has 0 aliphatic carbocycles. The first kappa shape index (κ1) is 12.8. The summed E-state index contributed by atoms with van der Waals surface area (Å²) in [7, 11) is 3.76. The van der Waals surface area contributed by atoms with E-state index in [1.807, 2.05) is 19.0 Å². The summed E-state index contributed by atoms with van der Waals surface area (Å²) in [6.45, 7) is 4.39. The van der Waals surface area contributed by atoms with Crippen molar-refractivity contribution in [3.05, 3.63) is 0 Å². The molecule has 2 heterocycles. The van der Waals surface area contributed by atoms with Gasteiger partial charge in [0.05, 0.1) is 12.7 Å². The van der Waals surface area contributed by atoms with Crippen molar-refractivity contribution in [1.82, 2.24) is 15.0 Å². The summed E-state index contributed by atoms with van der Waals surface area (Å²) in [5, 5.41) is 0. The lowest BCUT2D eigenvalue weighted by molar-refractivity contribution is 0.0379. The molecular formula is C11H20N6O. The Morgan fingerprint density at radius 3 is 2.83 bits per heavy atom. The molecule has 2 rings (SSSR count). The normalized spacial score (nSPS) is 19.9. The molecule has 0 aromatic carbocycles. The lowest BCUT2D eigenvalue weighted by atomic mass is 10.2. The molecule has 0 spiro atoms. The average Bonchev–Trinajstić information content (AvgIpc) is 2.38. The lowest BCUT2D eigenvalue weighted by Crippen LogP contribution is -2.43. The molecule has 0 bridgehead atoms. The Balaban J connectivity index is 2.21. The number of hydrogen-bond acceptors (Lipinski definition) is 7. The summed E-state index contributed by atoms with van der Waals surface area (Å²) in [6.07, 6.45) is 1.22. The van der Waals surface area contributed by atoms with Gasteiger partial charge >= 0.3 is 0 Å². The summed E-state index contributed by atoms with van der Waals surface area (Å²) >= 11 is 0. The van der Waals surface area contributed by atoms with Crippen LogP contribution in [0.2, 0.25) is 0 Å². The first-order valence-corrected chi connectivity index (χ1v) is 6.15. The van der Waals surface area contributed by atoms with E-state index in [1.165, 1.54) is 0 Å². The number of aromatic nitrogens is 3. The summed E-state index contributed by atoms with van der Waals surface area (Å²) in [4.78, 5) is 16.6. The maximum Gasteiger partial charge on any atom is 0.232 e. The molecule has 2 N–H and O–H groups in total. The number of ether oxygens (including phenoxy) is 1. The highest BCUT2D eigenvalue weighted by molar-refractivity contribution is 5.43. The molecule has 1 fully saturated rings. The van der Waals surface area contributed by atoms with Crippen molar-refractivity contribution in [3.63, 3.8) is 0 Å². The summed E-state index contributed by atoms with van der Waals surface area (Å²) < 4.78 is 5.63. The summed E-state index contributed by atoms with van der Waals surface area (Å²) in [5.41, 5.74) is 5.72. The molecule has 1 aromatic rings. The van der Waals surface area contributed by atoms with Crippen LogP contribution < -0.4 is 15.5 Å². The van der Waals surface area contributed by atoms with Gasteiger partial charge in [-0.15, -0.1) is 0 Å². The van der Waals surface area contributed by atoms with E-state index in [1.54, 1.807) is 0 Å². The number of anilines is 3. The van der Waals surface area contributed by atoms with Crippen molar-refractivity contribution >= 4 is 17.8 Å². The predicted octanol–water partition coefficient (Wildman–Crippen LogP) is 0.135. The number of nitrogen functional groups attached to an aromatic ring is 1. The number of morpholine rings is 1. The van der Waals surface area contributed by atoms with Gasteiger partial charge in [0.15, 0.2) is 0 Å².